The number of nitrogens with one attached hydrogen (secondary N) is 1. The molecule has 0 fully saturated rings. The molecule has 1 N–H and O–H groups in total. The zero-order valence-corrected chi connectivity index (χ0v) is 11.0. The summed E-state index contributed by atoms with van der Waals surface area (Å²) in [5, 5.41) is 20.4. The Morgan fingerprint density at radius 1 is 1.37 bits per heavy atom. The predicted molar refractivity (Wildman–Crippen MR) is 73.0 cm³/mol. The molecule has 1 aromatic carbocycles. The number of carbonyl (C=O) groups is 1. The van der Waals surface area contributed by atoms with Crippen LogP contribution in [-0.2, 0) is 4.79 Å². The summed E-state index contributed by atoms with van der Waals surface area (Å²) in [7, 11) is 0. The maximum atomic E-state index is 11.7. The number of rotatable bonds is 6. The quantitative estimate of drug-likeness (QED) is 0.847. The van der Waals surface area contributed by atoms with Crippen molar-refractivity contribution in [3.05, 3.63) is 29.8 Å². The Hall–Kier alpha value is -2.33. The molecule has 1 atom stereocenters. The number of nitrogens with zero attached hydrogens (tertiary/aromatic N) is 2. The lowest BCUT2D eigenvalue weighted by Crippen LogP contribution is -2.13. The summed E-state index contributed by atoms with van der Waals surface area (Å²) in [6.45, 7) is 2.03. The van der Waals surface area contributed by atoms with E-state index in [0.29, 0.717) is 24.1 Å². The number of benzene rings is 1. The third kappa shape index (κ3) is 5.23. The van der Waals surface area contributed by atoms with E-state index in [4.69, 9.17) is 10.5 Å². The van der Waals surface area contributed by atoms with Gasteiger partial charge >= 0.3 is 0 Å². The highest BCUT2D eigenvalue weighted by molar-refractivity contribution is 5.90. The molecular weight excluding hydrogens is 238 g/mol. The first kappa shape index (κ1) is 14.7. The fraction of sp³-hybridized carbons (Fsp3) is 0.400. The van der Waals surface area contributed by atoms with Gasteiger partial charge < -0.3 is 5.32 Å². The van der Waals surface area contributed by atoms with Crippen LogP contribution in [0.4, 0.5) is 5.69 Å². The van der Waals surface area contributed by atoms with Crippen LogP contribution in [0.3, 0.4) is 0 Å². The molecule has 0 aliphatic heterocycles. The summed E-state index contributed by atoms with van der Waals surface area (Å²) in [6, 6.07) is 11.0. The van der Waals surface area contributed by atoms with Gasteiger partial charge in [-0.2, -0.15) is 10.5 Å². The number of anilines is 1. The third-order valence-corrected chi connectivity index (χ3v) is 2.81. The van der Waals surface area contributed by atoms with E-state index in [1.165, 1.54) is 0 Å². The van der Waals surface area contributed by atoms with Crippen molar-refractivity contribution < 1.29 is 4.79 Å². The molecule has 0 saturated heterocycles. The summed E-state index contributed by atoms with van der Waals surface area (Å²) >= 11 is 0. The average molecular weight is 255 g/mol. The molecule has 0 aliphatic carbocycles. The zero-order chi connectivity index (χ0) is 14.1. The van der Waals surface area contributed by atoms with Gasteiger partial charge in [-0.05, 0) is 31.0 Å². The van der Waals surface area contributed by atoms with Crippen LogP contribution >= 0.6 is 0 Å². The molecule has 4 nitrogen and oxygen atoms in total. The van der Waals surface area contributed by atoms with Gasteiger partial charge in [0.25, 0.3) is 0 Å². The van der Waals surface area contributed by atoms with Gasteiger partial charge in [-0.15, -0.1) is 0 Å². The van der Waals surface area contributed by atoms with Crippen molar-refractivity contribution in [2.24, 2.45) is 5.92 Å². The Balaban J connectivity index is 2.47. The fourth-order valence-corrected chi connectivity index (χ4v) is 1.82. The largest absolute Gasteiger partial charge is 0.326 e. The molecule has 0 spiro atoms. The molecule has 0 radical (unpaired) electrons. The van der Waals surface area contributed by atoms with Crippen LogP contribution in [0.2, 0.25) is 0 Å². The van der Waals surface area contributed by atoms with Crippen LogP contribution in [0.1, 0.15) is 38.2 Å². The van der Waals surface area contributed by atoms with Crippen molar-refractivity contribution in [1.82, 2.24) is 0 Å². The van der Waals surface area contributed by atoms with E-state index in [0.717, 1.165) is 12.8 Å². The van der Waals surface area contributed by atoms with Gasteiger partial charge in [-0.1, -0.05) is 19.4 Å². The molecule has 1 aromatic rings. The zero-order valence-electron chi connectivity index (χ0n) is 11.0. The van der Waals surface area contributed by atoms with Gasteiger partial charge in [0.05, 0.1) is 17.7 Å². The Labute approximate surface area is 113 Å². The first-order valence-electron chi connectivity index (χ1n) is 6.39. The molecule has 0 aliphatic rings. The second-order valence-corrected chi connectivity index (χ2v) is 4.39. The number of amides is 1. The summed E-state index contributed by atoms with van der Waals surface area (Å²) in [6.07, 6.45) is 2.68. The summed E-state index contributed by atoms with van der Waals surface area (Å²) in [5.74, 6) is -0.173. The van der Waals surface area contributed by atoms with Crippen LogP contribution in [-0.4, -0.2) is 5.91 Å². The molecule has 0 aromatic heterocycles. The smallest absolute Gasteiger partial charge is 0.224 e. The SMILES string of the molecule is CCCC(C#N)CCC(=O)Nc1cccc(C#N)c1. The van der Waals surface area contributed by atoms with E-state index >= 15 is 0 Å². The second-order valence-electron chi connectivity index (χ2n) is 4.39. The van der Waals surface area contributed by atoms with Gasteiger partial charge in [0.2, 0.25) is 5.91 Å². The fourth-order valence-electron chi connectivity index (χ4n) is 1.82. The van der Waals surface area contributed by atoms with E-state index in [1.54, 1.807) is 24.3 Å². The van der Waals surface area contributed by atoms with Crippen LogP contribution in [0.5, 0.6) is 0 Å². The highest BCUT2D eigenvalue weighted by atomic mass is 16.1. The third-order valence-electron chi connectivity index (χ3n) is 2.81. The Morgan fingerprint density at radius 3 is 2.79 bits per heavy atom. The number of hydrogen-bond acceptors (Lipinski definition) is 3. The normalized spacial score (nSPS) is 11.1. The van der Waals surface area contributed by atoms with Gasteiger partial charge in [-0.3, -0.25) is 4.79 Å². The minimum atomic E-state index is -0.119. The molecule has 0 bridgehead atoms. The lowest BCUT2D eigenvalue weighted by atomic mass is 9.99. The van der Waals surface area contributed by atoms with Crippen LogP contribution in [0.25, 0.3) is 0 Å². The molecule has 0 heterocycles. The first-order valence-corrected chi connectivity index (χ1v) is 6.39. The summed E-state index contributed by atoms with van der Waals surface area (Å²) < 4.78 is 0. The van der Waals surface area contributed by atoms with E-state index in [9.17, 15) is 4.79 Å². The lowest BCUT2D eigenvalue weighted by molar-refractivity contribution is -0.116. The molecule has 0 saturated carbocycles. The lowest BCUT2D eigenvalue weighted by Gasteiger charge is -2.08. The van der Waals surface area contributed by atoms with Crippen LogP contribution < -0.4 is 5.32 Å². The highest BCUT2D eigenvalue weighted by Gasteiger charge is 2.10. The molecule has 1 rings (SSSR count). The van der Waals surface area contributed by atoms with Crippen molar-refractivity contribution in [2.45, 2.75) is 32.6 Å². The first-order chi connectivity index (χ1) is 9.19. The number of nitriles is 2. The van der Waals surface area contributed by atoms with Gasteiger partial charge in [0.15, 0.2) is 0 Å². The Bertz CT molecular complexity index is 511. The van der Waals surface area contributed by atoms with E-state index < -0.39 is 0 Å². The monoisotopic (exact) mass is 255 g/mol. The molecule has 1 amide bonds. The van der Waals surface area contributed by atoms with Crippen LogP contribution in [0, 0.1) is 28.6 Å². The van der Waals surface area contributed by atoms with Crippen LogP contribution in [0.15, 0.2) is 24.3 Å². The minimum absolute atomic E-state index is 0.0545. The summed E-state index contributed by atoms with van der Waals surface area (Å²) in [4.78, 5) is 11.7. The number of hydrogen-bond donors (Lipinski definition) is 1. The van der Waals surface area contributed by atoms with Gasteiger partial charge in [-0.25, -0.2) is 0 Å². The second kappa shape index (κ2) is 7.89. The molecular formula is C15H17N3O. The molecule has 1 unspecified atom stereocenters. The molecule has 4 heteroatoms. The summed E-state index contributed by atoms with van der Waals surface area (Å²) in [5.41, 5.74) is 1.13. The van der Waals surface area contributed by atoms with E-state index in [-0.39, 0.29) is 11.8 Å². The van der Waals surface area contributed by atoms with Gasteiger partial charge in [0, 0.05) is 18.0 Å². The number of carbonyl (C=O) groups excluding carboxylic acids is 1. The van der Waals surface area contributed by atoms with Crippen molar-refractivity contribution >= 4 is 11.6 Å². The standard InChI is InChI=1S/C15H17N3O/c1-2-4-12(10-16)7-8-15(19)18-14-6-3-5-13(9-14)11-17/h3,5-6,9,12H,2,4,7-8H2,1H3,(H,18,19). The highest BCUT2D eigenvalue weighted by Crippen LogP contribution is 2.14. The molecule has 19 heavy (non-hydrogen) atoms. The van der Waals surface area contributed by atoms with Crippen molar-refractivity contribution in [2.75, 3.05) is 5.32 Å². The van der Waals surface area contributed by atoms with Crippen molar-refractivity contribution in [3.63, 3.8) is 0 Å². The van der Waals surface area contributed by atoms with Crippen molar-refractivity contribution in [1.29, 1.82) is 10.5 Å². The topological polar surface area (TPSA) is 76.7 Å². The van der Waals surface area contributed by atoms with E-state index in [1.807, 2.05) is 13.0 Å². The molecule has 98 valence electrons. The van der Waals surface area contributed by atoms with Gasteiger partial charge in [0.1, 0.15) is 0 Å². The van der Waals surface area contributed by atoms with Crippen molar-refractivity contribution in [3.8, 4) is 12.1 Å². The average Bonchev–Trinajstić information content (AvgIpc) is 2.43. The van der Waals surface area contributed by atoms with E-state index in [2.05, 4.69) is 11.4 Å². The maximum absolute atomic E-state index is 11.7. The maximum Gasteiger partial charge on any atom is 0.224 e. The predicted octanol–water partition coefficient (Wildman–Crippen LogP) is 3.22. The Kier molecular flexibility index (Phi) is 6.12. The Morgan fingerprint density at radius 2 is 2.16 bits per heavy atom. The minimum Gasteiger partial charge on any atom is -0.326 e.